The zero-order valence-electron chi connectivity index (χ0n) is 17.7. The maximum Gasteiger partial charge on any atom is 0.252 e. The molecule has 0 amide bonds. The predicted octanol–water partition coefficient (Wildman–Crippen LogP) is 3.58. The fourth-order valence-electron chi connectivity index (χ4n) is 4.65. The summed E-state index contributed by atoms with van der Waals surface area (Å²) in [5.41, 5.74) is 2.90. The lowest BCUT2D eigenvalue weighted by Gasteiger charge is -2.35. The van der Waals surface area contributed by atoms with Crippen molar-refractivity contribution in [2.24, 2.45) is 0 Å². The number of alkyl halides is 2. The van der Waals surface area contributed by atoms with Crippen molar-refractivity contribution in [3.63, 3.8) is 0 Å². The Labute approximate surface area is 184 Å². The van der Waals surface area contributed by atoms with Crippen LogP contribution in [0.3, 0.4) is 0 Å². The van der Waals surface area contributed by atoms with Gasteiger partial charge in [-0.25, -0.2) is 23.7 Å². The maximum absolute atomic E-state index is 13.2. The summed E-state index contributed by atoms with van der Waals surface area (Å²) in [5.74, 6) is 0.104. The Kier molecular flexibility index (Phi) is 4.67. The smallest absolute Gasteiger partial charge is 0.252 e. The third-order valence-corrected chi connectivity index (χ3v) is 6.51. The first kappa shape index (κ1) is 19.7. The normalized spacial score (nSPS) is 20.9. The molecule has 32 heavy (non-hydrogen) atoms. The van der Waals surface area contributed by atoms with Crippen LogP contribution in [0.15, 0.2) is 30.7 Å². The van der Waals surface area contributed by atoms with E-state index >= 15 is 0 Å². The Bertz CT molecular complexity index is 1150. The van der Waals surface area contributed by atoms with Gasteiger partial charge in [-0.3, -0.25) is 4.98 Å². The number of rotatable bonds is 5. The van der Waals surface area contributed by atoms with Gasteiger partial charge in [0.15, 0.2) is 5.82 Å². The minimum absolute atomic E-state index is 0.159. The topological polar surface area (TPSA) is 78.9 Å². The Morgan fingerprint density at radius 3 is 2.66 bits per heavy atom. The van der Waals surface area contributed by atoms with Crippen LogP contribution in [0.5, 0.6) is 0 Å². The summed E-state index contributed by atoms with van der Waals surface area (Å²) >= 11 is 0. The number of hydrogen-bond acceptors (Lipinski definition) is 7. The van der Waals surface area contributed by atoms with Crippen molar-refractivity contribution in [2.75, 3.05) is 36.4 Å². The molecule has 7 nitrogen and oxygen atoms in total. The summed E-state index contributed by atoms with van der Waals surface area (Å²) in [6, 6.07) is 3.45. The highest BCUT2D eigenvalue weighted by Crippen LogP contribution is 2.45. The molecule has 3 fully saturated rings. The number of halogens is 2. The lowest BCUT2D eigenvalue weighted by molar-refractivity contribution is -0.0794. The largest absolute Gasteiger partial charge is 0.367 e. The van der Waals surface area contributed by atoms with Crippen LogP contribution in [0.1, 0.15) is 37.2 Å². The molecule has 4 heterocycles. The first-order chi connectivity index (χ1) is 15.6. The lowest BCUT2D eigenvalue weighted by Crippen LogP contribution is -2.44. The van der Waals surface area contributed by atoms with E-state index in [-0.39, 0.29) is 18.9 Å². The molecule has 2 saturated carbocycles. The van der Waals surface area contributed by atoms with Crippen LogP contribution >= 0.6 is 0 Å². The molecule has 0 bridgehead atoms. The Morgan fingerprint density at radius 1 is 1.09 bits per heavy atom. The highest BCUT2D eigenvalue weighted by atomic mass is 19.3. The molecule has 1 aliphatic heterocycles. The number of aromatic nitrogens is 4. The van der Waals surface area contributed by atoms with Gasteiger partial charge in [0.05, 0.1) is 11.7 Å². The molecule has 3 aromatic heterocycles. The summed E-state index contributed by atoms with van der Waals surface area (Å²) in [4.78, 5) is 21.0. The van der Waals surface area contributed by atoms with E-state index in [0.29, 0.717) is 17.6 Å². The number of fused-ring (bicyclic) bond motifs is 1. The Hall–Kier alpha value is -2.94. The molecule has 3 aliphatic rings. The third-order valence-electron chi connectivity index (χ3n) is 6.51. The van der Waals surface area contributed by atoms with Gasteiger partial charge in [-0.2, -0.15) is 0 Å². The first-order valence-electron chi connectivity index (χ1n) is 11.3. The maximum atomic E-state index is 13.2. The summed E-state index contributed by atoms with van der Waals surface area (Å²) < 4.78 is 26.4. The molecule has 1 saturated heterocycles. The zero-order valence-corrected chi connectivity index (χ0v) is 17.7. The number of piperazine rings is 1. The molecule has 0 aromatic carbocycles. The molecule has 0 spiro atoms. The van der Waals surface area contributed by atoms with Crippen LogP contribution in [0, 0.1) is 0 Å². The van der Waals surface area contributed by atoms with Gasteiger partial charge >= 0.3 is 0 Å². The summed E-state index contributed by atoms with van der Waals surface area (Å²) in [6.45, 7) is 3.61. The van der Waals surface area contributed by atoms with Gasteiger partial charge in [-0.05, 0) is 36.5 Å². The molecule has 166 valence electrons. The molecule has 9 heteroatoms. The van der Waals surface area contributed by atoms with Gasteiger partial charge in [0.25, 0.3) is 5.92 Å². The SMILES string of the molecule is FC1(F)CC(Nc2cc(-c3nc(N4CCNCC4)c4c(C5CC5)cncc4n3)ccn2)C1. The highest BCUT2D eigenvalue weighted by Gasteiger charge is 2.45. The number of nitrogens with zero attached hydrogens (tertiary/aromatic N) is 5. The van der Waals surface area contributed by atoms with Crippen LogP contribution in [-0.4, -0.2) is 58.1 Å². The number of pyridine rings is 2. The summed E-state index contributed by atoms with van der Waals surface area (Å²) in [7, 11) is 0. The molecular weight excluding hydrogens is 412 g/mol. The summed E-state index contributed by atoms with van der Waals surface area (Å²) in [5, 5.41) is 7.63. The van der Waals surface area contributed by atoms with Crippen LogP contribution in [-0.2, 0) is 0 Å². The van der Waals surface area contributed by atoms with Gasteiger partial charge in [0, 0.05) is 68.4 Å². The second-order valence-corrected chi connectivity index (χ2v) is 9.04. The fraction of sp³-hybridized carbons (Fsp3) is 0.478. The molecule has 2 aliphatic carbocycles. The second kappa shape index (κ2) is 7.58. The average molecular weight is 437 g/mol. The number of hydrogen-bond donors (Lipinski definition) is 2. The Balaban J connectivity index is 1.40. The molecule has 6 rings (SSSR count). The third kappa shape index (κ3) is 3.74. The van der Waals surface area contributed by atoms with Gasteiger partial charge in [-0.1, -0.05) is 0 Å². The van der Waals surface area contributed by atoms with Gasteiger partial charge < -0.3 is 15.5 Å². The molecule has 2 N–H and O–H groups in total. The van der Waals surface area contributed by atoms with Crippen LogP contribution in [0.25, 0.3) is 22.3 Å². The van der Waals surface area contributed by atoms with Crippen LogP contribution < -0.4 is 15.5 Å². The Morgan fingerprint density at radius 2 is 1.91 bits per heavy atom. The predicted molar refractivity (Wildman–Crippen MR) is 119 cm³/mol. The van der Waals surface area contributed by atoms with E-state index in [9.17, 15) is 8.78 Å². The van der Waals surface area contributed by atoms with Crippen molar-refractivity contribution in [1.29, 1.82) is 0 Å². The van der Waals surface area contributed by atoms with Gasteiger partial charge in [0.1, 0.15) is 11.6 Å². The molecular formula is C23H25F2N7. The number of anilines is 2. The van der Waals surface area contributed by atoms with E-state index in [0.717, 1.165) is 48.5 Å². The first-order valence-corrected chi connectivity index (χ1v) is 11.3. The second-order valence-electron chi connectivity index (χ2n) is 9.04. The monoisotopic (exact) mass is 437 g/mol. The van der Waals surface area contributed by atoms with Crippen molar-refractivity contribution in [2.45, 2.75) is 43.6 Å². The average Bonchev–Trinajstić information content (AvgIpc) is 3.63. The molecule has 3 aromatic rings. The van der Waals surface area contributed by atoms with Gasteiger partial charge in [0.2, 0.25) is 0 Å². The lowest BCUT2D eigenvalue weighted by atomic mass is 9.88. The minimum atomic E-state index is -2.57. The van der Waals surface area contributed by atoms with Crippen LogP contribution in [0.4, 0.5) is 20.4 Å². The molecule has 0 atom stereocenters. The van der Waals surface area contributed by atoms with Crippen molar-refractivity contribution in [3.05, 3.63) is 36.3 Å². The van der Waals surface area contributed by atoms with Crippen molar-refractivity contribution < 1.29 is 8.78 Å². The van der Waals surface area contributed by atoms with Crippen molar-refractivity contribution in [1.82, 2.24) is 25.3 Å². The standard InChI is InChI=1S/C23H25F2N7/c24-23(25)10-16(11-23)29-19-9-15(3-4-28-19)21-30-18-13-27-12-17(14-1-2-14)20(18)22(31-21)32-7-5-26-6-8-32/h3-4,9,12-14,16,26H,1-2,5-8,10-11H2,(H,28,29). The van der Waals surface area contributed by atoms with E-state index in [4.69, 9.17) is 9.97 Å². The highest BCUT2D eigenvalue weighted by molar-refractivity contribution is 5.94. The fourth-order valence-corrected chi connectivity index (χ4v) is 4.65. The number of nitrogens with one attached hydrogen (secondary N) is 2. The molecule has 0 unspecified atom stereocenters. The van der Waals surface area contributed by atoms with Crippen LogP contribution in [0.2, 0.25) is 0 Å². The minimum Gasteiger partial charge on any atom is -0.367 e. The van der Waals surface area contributed by atoms with E-state index < -0.39 is 5.92 Å². The van der Waals surface area contributed by atoms with Gasteiger partial charge in [-0.15, -0.1) is 0 Å². The van der Waals surface area contributed by atoms with E-state index in [1.807, 2.05) is 24.5 Å². The molecule has 0 radical (unpaired) electrons. The van der Waals surface area contributed by atoms with Crippen molar-refractivity contribution >= 4 is 22.5 Å². The quantitative estimate of drug-likeness (QED) is 0.632. The van der Waals surface area contributed by atoms with E-state index in [2.05, 4.69) is 25.5 Å². The zero-order chi connectivity index (χ0) is 21.7. The summed E-state index contributed by atoms with van der Waals surface area (Å²) in [6.07, 6.45) is 7.51. The van der Waals surface area contributed by atoms with E-state index in [1.165, 1.54) is 18.4 Å². The van der Waals surface area contributed by atoms with Crippen molar-refractivity contribution in [3.8, 4) is 11.4 Å². The van der Waals surface area contributed by atoms with E-state index in [1.54, 1.807) is 6.20 Å².